The lowest BCUT2D eigenvalue weighted by Gasteiger charge is -2.05. The summed E-state index contributed by atoms with van der Waals surface area (Å²) < 4.78 is 6.41. The van der Waals surface area contributed by atoms with Crippen molar-refractivity contribution < 1.29 is 4.74 Å². The predicted molar refractivity (Wildman–Crippen MR) is 61.3 cm³/mol. The van der Waals surface area contributed by atoms with Gasteiger partial charge in [0, 0.05) is 4.47 Å². The van der Waals surface area contributed by atoms with Crippen LogP contribution in [-0.4, -0.2) is 9.97 Å². The lowest BCUT2D eigenvalue weighted by molar-refractivity contribution is 0.461. The van der Waals surface area contributed by atoms with Crippen molar-refractivity contribution in [1.82, 2.24) is 9.97 Å². The Morgan fingerprint density at radius 3 is 2.93 bits per heavy atom. The van der Waals surface area contributed by atoms with E-state index in [1.54, 1.807) is 0 Å². The fourth-order valence-electron chi connectivity index (χ4n) is 1.02. The summed E-state index contributed by atoms with van der Waals surface area (Å²) in [6.07, 6.45) is 2.88. The minimum absolute atomic E-state index is 0.352. The van der Waals surface area contributed by atoms with E-state index in [-0.39, 0.29) is 0 Å². The van der Waals surface area contributed by atoms with Crippen LogP contribution in [0.25, 0.3) is 0 Å². The maximum atomic E-state index is 5.85. The second kappa shape index (κ2) is 4.59. The predicted octanol–water partition coefficient (Wildman–Crippen LogP) is 3.68. The Bertz CT molecular complexity index is 478. The summed E-state index contributed by atoms with van der Waals surface area (Å²) in [4.78, 5) is 7.69. The average Bonchev–Trinajstić information content (AvgIpc) is 2.22. The number of halogens is 2. The highest BCUT2D eigenvalue weighted by molar-refractivity contribution is 9.10. The Morgan fingerprint density at radius 2 is 2.20 bits per heavy atom. The van der Waals surface area contributed by atoms with Gasteiger partial charge in [0.05, 0.1) is 6.20 Å². The molecule has 0 saturated carbocycles. The van der Waals surface area contributed by atoms with E-state index in [9.17, 15) is 0 Å². The molecule has 0 radical (unpaired) electrons. The summed E-state index contributed by atoms with van der Waals surface area (Å²) in [6, 6.07) is 7.44. The molecule has 15 heavy (non-hydrogen) atoms. The molecule has 0 aliphatic heterocycles. The topological polar surface area (TPSA) is 35.0 Å². The molecule has 0 bridgehead atoms. The van der Waals surface area contributed by atoms with Gasteiger partial charge in [0.2, 0.25) is 5.88 Å². The summed E-state index contributed by atoms with van der Waals surface area (Å²) in [7, 11) is 0. The maximum Gasteiger partial charge on any atom is 0.241 e. The summed E-state index contributed by atoms with van der Waals surface area (Å²) >= 11 is 9.20. The Morgan fingerprint density at radius 1 is 1.33 bits per heavy atom. The molecule has 1 aromatic carbocycles. The van der Waals surface area contributed by atoms with E-state index in [0.717, 1.165) is 4.47 Å². The van der Waals surface area contributed by atoms with E-state index in [1.807, 2.05) is 24.3 Å². The summed E-state index contributed by atoms with van der Waals surface area (Å²) in [5, 5.41) is 0.387. The quantitative estimate of drug-likeness (QED) is 0.844. The van der Waals surface area contributed by atoms with Crippen molar-refractivity contribution in [3.8, 4) is 11.6 Å². The van der Waals surface area contributed by atoms with Crippen molar-refractivity contribution in [2.45, 2.75) is 0 Å². The summed E-state index contributed by atoms with van der Waals surface area (Å²) in [5.74, 6) is 1.02. The normalized spacial score (nSPS) is 10.0. The zero-order valence-corrected chi connectivity index (χ0v) is 9.86. The molecule has 0 aliphatic carbocycles. The van der Waals surface area contributed by atoms with Gasteiger partial charge in [-0.1, -0.05) is 33.6 Å². The number of rotatable bonds is 2. The zero-order valence-electron chi connectivity index (χ0n) is 7.52. The van der Waals surface area contributed by atoms with E-state index in [1.165, 1.54) is 12.5 Å². The van der Waals surface area contributed by atoms with E-state index >= 15 is 0 Å². The SMILES string of the molecule is Clc1cncnc1Oc1cccc(Br)c1. The Balaban J connectivity index is 2.26. The highest BCUT2D eigenvalue weighted by Gasteiger charge is 2.03. The molecule has 5 heteroatoms. The molecule has 0 aliphatic rings. The minimum Gasteiger partial charge on any atom is -0.437 e. The van der Waals surface area contributed by atoms with Crippen molar-refractivity contribution >= 4 is 27.5 Å². The van der Waals surface area contributed by atoms with Crippen LogP contribution < -0.4 is 4.74 Å². The number of hydrogen-bond donors (Lipinski definition) is 0. The zero-order chi connectivity index (χ0) is 10.7. The number of aromatic nitrogens is 2. The van der Waals surface area contributed by atoms with Crippen molar-refractivity contribution in [2.24, 2.45) is 0 Å². The molecular formula is C10H6BrClN2O. The molecule has 76 valence electrons. The van der Waals surface area contributed by atoms with Gasteiger partial charge in [-0.2, -0.15) is 0 Å². The minimum atomic E-state index is 0.352. The van der Waals surface area contributed by atoms with Crippen LogP contribution in [0.3, 0.4) is 0 Å². The average molecular weight is 286 g/mol. The van der Waals surface area contributed by atoms with Crippen molar-refractivity contribution in [2.75, 3.05) is 0 Å². The second-order valence-electron chi connectivity index (χ2n) is 2.74. The molecule has 0 saturated heterocycles. The first-order chi connectivity index (χ1) is 7.25. The largest absolute Gasteiger partial charge is 0.437 e. The first kappa shape index (κ1) is 10.4. The van der Waals surface area contributed by atoms with Gasteiger partial charge in [-0.05, 0) is 18.2 Å². The smallest absolute Gasteiger partial charge is 0.241 e. The third-order valence-corrected chi connectivity index (χ3v) is 2.40. The molecule has 3 nitrogen and oxygen atoms in total. The molecule has 0 fully saturated rings. The lowest BCUT2D eigenvalue weighted by atomic mass is 10.3. The lowest BCUT2D eigenvalue weighted by Crippen LogP contribution is -1.89. The fourth-order valence-corrected chi connectivity index (χ4v) is 1.54. The highest BCUT2D eigenvalue weighted by atomic mass is 79.9. The van der Waals surface area contributed by atoms with Gasteiger partial charge in [-0.25, -0.2) is 9.97 Å². The molecule has 0 amide bonds. The van der Waals surface area contributed by atoms with Gasteiger partial charge in [0.1, 0.15) is 17.1 Å². The van der Waals surface area contributed by atoms with E-state index in [4.69, 9.17) is 16.3 Å². The Hall–Kier alpha value is -1.13. The van der Waals surface area contributed by atoms with Crippen molar-refractivity contribution in [3.63, 3.8) is 0 Å². The van der Waals surface area contributed by atoms with E-state index < -0.39 is 0 Å². The fraction of sp³-hybridized carbons (Fsp3) is 0. The number of hydrogen-bond acceptors (Lipinski definition) is 3. The van der Waals surface area contributed by atoms with Crippen LogP contribution in [0.1, 0.15) is 0 Å². The summed E-state index contributed by atoms with van der Waals surface area (Å²) in [6.45, 7) is 0. The van der Waals surface area contributed by atoms with Crippen LogP contribution in [0.15, 0.2) is 41.3 Å². The van der Waals surface area contributed by atoms with Crippen LogP contribution in [-0.2, 0) is 0 Å². The molecule has 0 unspecified atom stereocenters. The van der Waals surface area contributed by atoms with Crippen LogP contribution in [0.4, 0.5) is 0 Å². The van der Waals surface area contributed by atoms with Gasteiger partial charge < -0.3 is 4.74 Å². The van der Waals surface area contributed by atoms with Crippen molar-refractivity contribution in [3.05, 3.63) is 46.3 Å². The highest BCUT2D eigenvalue weighted by Crippen LogP contribution is 2.27. The molecule has 2 rings (SSSR count). The first-order valence-corrected chi connectivity index (χ1v) is 5.32. The van der Waals surface area contributed by atoms with Gasteiger partial charge in [0.15, 0.2) is 0 Å². The molecule has 0 N–H and O–H groups in total. The van der Waals surface area contributed by atoms with E-state index in [2.05, 4.69) is 25.9 Å². The van der Waals surface area contributed by atoms with Crippen molar-refractivity contribution in [1.29, 1.82) is 0 Å². The van der Waals surface area contributed by atoms with Gasteiger partial charge >= 0.3 is 0 Å². The molecular weight excluding hydrogens is 279 g/mol. The van der Waals surface area contributed by atoms with Gasteiger partial charge in [0.25, 0.3) is 0 Å². The number of benzene rings is 1. The van der Waals surface area contributed by atoms with Crippen LogP contribution >= 0.6 is 27.5 Å². The van der Waals surface area contributed by atoms with Gasteiger partial charge in [-0.3, -0.25) is 0 Å². The molecule has 1 aromatic heterocycles. The van der Waals surface area contributed by atoms with E-state index in [0.29, 0.717) is 16.7 Å². The molecule has 0 spiro atoms. The second-order valence-corrected chi connectivity index (χ2v) is 4.06. The number of nitrogens with zero attached hydrogens (tertiary/aromatic N) is 2. The Labute approximate surface area is 100 Å². The van der Waals surface area contributed by atoms with Crippen LogP contribution in [0.5, 0.6) is 11.6 Å². The third kappa shape index (κ3) is 2.67. The summed E-state index contributed by atoms with van der Waals surface area (Å²) in [5.41, 5.74) is 0. The molecule has 0 atom stereocenters. The molecule has 1 heterocycles. The first-order valence-electron chi connectivity index (χ1n) is 4.14. The monoisotopic (exact) mass is 284 g/mol. The number of ether oxygens (including phenoxy) is 1. The van der Waals surface area contributed by atoms with Crippen LogP contribution in [0.2, 0.25) is 5.02 Å². The van der Waals surface area contributed by atoms with Gasteiger partial charge in [-0.15, -0.1) is 0 Å². The molecule has 2 aromatic rings. The standard InChI is InChI=1S/C10H6BrClN2O/c11-7-2-1-3-8(4-7)15-10-9(12)5-13-6-14-10/h1-6H. The van der Waals surface area contributed by atoms with Crippen LogP contribution in [0, 0.1) is 0 Å². The maximum absolute atomic E-state index is 5.85. The third-order valence-electron chi connectivity index (χ3n) is 1.64. The Kier molecular flexibility index (Phi) is 3.18.